The number of para-hydroxylation sites is 1. The lowest BCUT2D eigenvalue weighted by Gasteiger charge is -2.20. The van der Waals surface area contributed by atoms with Crippen molar-refractivity contribution in [3.8, 4) is 16.9 Å². The van der Waals surface area contributed by atoms with Crippen LogP contribution in [0.2, 0.25) is 0 Å². The zero-order valence-corrected chi connectivity index (χ0v) is 8.56. The SMILES string of the molecule is Nc1[nH]ncc1-c1cccc2c1OCOC2. The van der Waals surface area contributed by atoms with Gasteiger partial charge in [-0.15, -0.1) is 0 Å². The number of rotatable bonds is 1. The van der Waals surface area contributed by atoms with Crippen LogP contribution in [0.25, 0.3) is 11.1 Å². The van der Waals surface area contributed by atoms with Crippen LogP contribution >= 0.6 is 0 Å². The van der Waals surface area contributed by atoms with Crippen LogP contribution in [-0.2, 0) is 11.3 Å². The van der Waals surface area contributed by atoms with E-state index in [1.54, 1.807) is 6.20 Å². The fraction of sp³-hybridized carbons (Fsp3) is 0.182. The highest BCUT2D eigenvalue weighted by Gasteiger charge is 2.17. The quantitative estimate of drug-likeness (QED) is 0.759. The van der Waals surface area contributed by atoms with Gasteiger partial charge in [-0.1, -0.05) is 18.2 Å². The van der Waals surface area contributed by atoms with Crippen molar-refractivity contribution < 1.29 is 9.47 Å². The Hall–Kier alpha value is -2.01. The molecule has 0 aliphatic carbocycles. The number of ether oxygens (including phenoxy) is 2. The summed E-state index contributed by atoms with van der Waals surface area (Å²) in [6.07, 6.45) is 1.70. The van der Waals surface area contributed by atoms with Crippen molar-refractivity contribution >= 4 is 5.82 Å². The summed E-state index contributed by atoms with van der Waals surface area (Å²) in [6, 6.07) is 5.90. The van der Waals surface area contributed by atoms with E-state index in [9.17, 15) is 0 Å². The van der Waals surface area contributed by atoms with E-state index in [0.29, 0.717) is 12.4 Å². The summed E-state index contributed by atoms with van der Waals surface area (Å²) in [5.41, 5.74) is 8.64. The summed E-state index contributed by atoms with van der Waals surface area (Å²) in [7, 11) is 0. The average molecular weight is 217 g/mol. The third-order valence-corrected chi connectivity index (χ3v) is 2.60. The summed E-state index contributed by atoms with van der Waals surface area (Å²) in [4.78, 5) is 0. The van der Waals surface area contributed by atoms with Crippen molar-refractivity contribution in [2.24, 2.45) is 0 Å². The van der Waals surface area contributed by atoms with Gasteiger partial charge in [0.1, 0.15) is 11.6 Å². The van der Waals surface area contributed by atoms with Gasteiger partial charge in [-0.05, 0) is 0 Å². The number of nitrogens with zero attached hydrogens (tertiary/aromatic N) is 1. The number of H-pyrrole nitrogens is 1. The number of nitrogen functional groups attached to an aromatic ring is 1. The smallest absolute Gasteiger partial charge is 0.189 e. The third-order valence-electron chi connectivity index (χ3n) is 2.60. The number of hydrogen-bond acceptors (Lipinski definition) is 4. The summed E-state index contributed by atoms with van der Waals surface area (Å²) >= 11 is 0. The molecule has 5 nitrogen and oxygen atoms in total. The summed E-state index contributed by atoms with van der Waals surface area (Å²) in [5, 5.41) is 6.63. The van der Waals surface area contributed by atoms with Crippen LogP contribution in [-0.4, -0.2) is 17.0 Å². The van der Waals surface area contributed by atoms with Gasteiger partial charge in [-0.25, -0.2) is 0 Å². The normalized spacial score (nSPS) is 14.2. The molecule has 0 spiro atoms. The van der Waals surface area contributed by atoms with Crippen molar-refractivity contribution in [2.75, 3.05) is 12.5 Å². The minimum atomic E-state index is 0.280. The highest BCUT2D eigenvalue weighted by molar-refractivity contribution is 5.79. The van der Waals surface area contributed by atoms with E-state index in [-0.39, 0.29) is 6.79 Å². The maximum Gasteiger partial charge on any atom is 0.189 e. The number of anilines is 1. The Morgan fingerprint density at radius 1 is 1.31 bits per heavy atom. The zero-order valence-electron chi connectivity index (χ0n) is 8.56. The van der Waals surface area contributed by atoms with Crippen LogP contribution in [0.1, 0.15) is 5.56 Å². The molecule has 0 unspecified atom stereocenters. The Kier molecular flexibility index (Phi) is 2.04. The Balaban J connectivity index is 2.18. The Morgan fingerprint density at radius 2 is 2.25 bits per heavy atom. The van der Waals surface area contributed by atoms with Crippen molar-refractivity contribution in [3.05, 3.63) is 30.0 Å². The highest BCUT2D eigenvalue weighted by atomic mass is 16.7. The standard InChI is InChI=1S/C11H11N3O2/c12-11-9(4-13-14-11)8-3-1-2-7-5-15-6-16-10(7)8/h1-4H,5-6H2,(H3,12,13,14). The Bertz CT molecular complexity index is 522. The molecule has 16 heavy (non-hydrogen) atoms. The molecule has 0 bridgehead atoms. The van der Waals surface area contributed by atoms with Gasteiger partial charge < -0.3 is 15.2 Å². The second-order valence-electron chi connectivity index (χ2n) is 3.60. The van der Waals surface area contributed by atoms with Gasteiger partial charge in [0.15, 0.2) is 6.79 Å². The van der Waals surface area contributed by atoms with E-state index in [1.165, 1.54) is 0 Å². The molecule has 3 rings (SSSR count). The topological polar surface area (TPSA) is 73.2 Å². The number of aromatic nitrogens is 2. The molecule has 5 heteroatoms. The third kappa shape index (κ3) is 1.33. The Labute approximate surface area is 92.2 Å². The van der Waals surface area contributed by atoms with E-state index in [2.05, 4.69) is 10.2 Å². The number of fused-ring (bicyclic) bond motifs is 1. The van der Waals surface area contributed by atoms with Gasteiger partial charge >= 0.3 is 0 Å². The van der Waals surface area contributed by atoms with Gasteiger partial charge in [0.05, 0.1) is 12.8 Å². The van der Waals surface area contributed by atoms with E-state index in [0.717, 1.165) is 22.4 Å². The van der Waals surface area contributed by atoms with Crippen molar-refractivity contribution in [2.45, 2.75) is 6.61 Å². The Morgan fingerprint density at radius 3 is 3.06 bits per heavy atom. The zero-order chi connectivity index (χ0) is 11.0. The second kappa shape index (κ2) is 3.53. The molecule has 1 aliphatic heterocycles. The first-order valence-electron chi connectivity index (χ1n) is 4.98. The van der Waals surface area contributed by atoms with Crippen molar-refractivity contribution in [3.63, 3.8) is 0 Å². The molecule has 1 aliphatic rings. The molecule has 2 aromatic rings. The molecule has 0 saturated heterocycles. The fourth-order valence-corrected chi connectivity index (χ4v) is 1.84. The molecule has 82 valence electrons. The first-order chi connectivity index (χ1) is 7.86. The molecule has 1 aromatic heterocycles. The molecule has 3 N–H and O–H groups in total. The number of hydrogen-bond donors (Lipinski definition) is 2. The highest BCUT2D eigenvalue weighted by Crippen LogP contribution is 2.37. The van der Waals surface area contributed by atoms with Gasteiger partial charge in [-0.2, -0.15) is 5.10 Å². The van der Waals surface area contributed by atoms with Crippen LogP contribution in [0, 0.1) is 0 Å². The van der Waals surface area contributed by atoms with Crippen LogP contribution in [0.3, 0.4) is 0 Å². The van der Waals surface area contributed by atoms with Gasteiger partial charge in [0, 0.05) is 16.7 Å². The largest absolute Gasteiger partial charge is 0.467 e. The van der Waals surface area contributed by atoms with Crippen LogP contribution < -0.4 is 10.5 Å². The van der Waals surface area contributed by atoms with Crippen LogP contribution in [0.15, 0.2) is 24.4 Å². The van der Waals surface area contributed by atoms with Gasteiger partial charge in [0.25, 0.3) is 0 Å². The number of aromatic amines is 1. The maximum atomic E-state index is 5.80. The molecule has 0 saturated carbocycles. The molecular formula is C11H11N3O2. The molecule has 0 fully saturated rings. The first kappa shape index (κ1) is 9.23. The van der Waals surface area contributed by atoms with Crippen LogP contribution in [0.5, 0.6) is 5.75 Å². The predicted octanol–water partition coefficient (Wildman–Crippen LogP) is 1.53. The second-order valence-corrected chi connectivity index (χ2v) is 3.60. The van der Waals surface area contributed by atoms with E-state index < -0.39 is 0 Å². The minimum Gasteiger partial charge on any atom is -0.467 e. The fourth-order valence-electron chi connectivity index (χ4n) is 1.84. The molecule has 1 aromatic carbocycles. The molecule has 0 amide bonds. The number of benzene rings is 1. The van der Waals surface area contributed by atoms with Crippen molar-refractivity contribution in [1.82, 2.24) is 10.2 Å². The predicted molar refractivity (Wildman–Crippen MR) is 58.7 cm³/mol. The first-order valence-corrected chi connectivity index (χ1v) is 4.98. The average Bonchev–Trinajstić information content (AvgIpc) is 2.75. The number of nitrogens with two attached hydrogens (primary N) is 1. The minimum absolute atomic E-state index is 0.280. The lowest BCUT2D eigenvalue weighted by Crippen LogP contribution is -2.12. The van der Waals surface area contributed by atoms with Gasteiger partial charge in [-0.3, -0.25) is 5.10 Å². The molecular weight excluding hydrogens is 206 g/mol. The molecule has 2 heterocycles. The van der Waals surface area contributed by atoms with Gasteiger partial charge in [0.2, 0.25) is 0 Å². The summed E-state index contributed by atoms with van der Waals surface area (Å²) in [6.45, 7) is 0.850. The van der Waals surface area contributed by atoms with Crippen LogP contribution in [0.4, 0.5) is 5.82 Å². The summed E-state index contributed by atoms with van der Waals surface area (Å²) in [5.74, 6) is 1.38. The van der Waals surface area contributed by atoms with Crippen molar-refractivity contribution in [1.29, 1.82) is 0 Å². The van der Waals surface area contributed by atoms with E-state index in [1.807, 2.05) is 18.2 Å². The van der Waals surface area contributed by atoms with E-state index >= 15 is 0 Å². The lowest BCUT2D eigenvalue weighted by atomic mass is 10.0. The monoisotopic (exact) mass is 217 g/mol. The summed E-state index contributed by atoms with van der Waals surface area (Å²) < 4.78 is 10.7. The number of nitrogens with one attached hydrogen (secondary N) is 1. The molecule has 0 radical (unpaired) electrons. The van der Waals surface area contributed by atoms with E-state index in [4.69, 9.17) is 15.2 Å². The molecule has 0 atom stereocenters. The maximum absolute atomic E-state index is 5.80. The lowest BCUT2D eigenvalue weighted by molar-refractivity contribution is -0.0159.